The number of pyridine rings is 1. The van der Waals surface area contributed by atoms with Gasteiger partial charge in [-0.15, -0.1) is 0 Å². The zero-order chi connectivity index (χ0) is 10.9. The van der Waals surface area contributed by atoms with Gasteiger partial charge in [-0.2, -0.15) is 13.2 Å². The summed E-state index contributed by atoms with van der Waals surface area (Å²) in [5.74, 6) is 0. The topological polar surface area (TPSA) is 56.0 Å². The van der Waals surface area contributed by atoms with E-state index < -0.39 is 22.5 Å². The van der Waals surface area contributed by atoms with Gasteiger partial charge >= 0.3 is 6.18 Å². The Morgan fingerprint density at radius 3 is 2.50 bits per heavy atom. The van der Waals surface area contributed by atoms with Gasteiger partial charge in [0.1, 0.15) is 0 Å². The number of rotatable bonds is 1. The predicted molar refractivity (Wildman–Crippen MR) is 40.6 cm³/mol. The molecular weight excluding hydrogens is 201 g/mol. The fraction of sp³-hybridized carbons (Fsp3) is 0.286. The van der Waals surface area contributed by atoms with Gasteiger partial charge < -0.3 is 0 Å². The second kappa shape index (κ2) is 3.24. The molecule has 0 aliphatic heterocycles. The van der Waals surface area contributed by atoms with Gasteiger partial charge in [-0.3, -0.25) is 10.1 Å². The molecule has 0 aliphatic carbocycles. The third-order valence-electron chi connectivity index (χ3n) is 1.47. The summed E-state index contributed by atoms with van der Waals surface area (Å²) >= 11 is 0. The molecule has 0 radical (unpaired) electrons. The standard InChI is InChI=1S/C7H5F3N2O2/c1-4-2-5(12(13)14)6(11-3-4)7(8,9)10/h2-3H,1H3. The normalized spacial score (nSPS) is 11.4. The molecule has 0 atom stereocenters. The summed E-state index contributed by atoms with van der Waals surface area (Å²) in [6, 6.07) is 0.843. The highest BCUT2D eigenvalue weighted by Gasteiger charge is 2.40. The molecule has 0 N–H and O–H groups in total. The van der Waals surface area contributed by atoms with Crippen molar-refractivity contribution < 1.29 is 18.1 Å². The van der Waals surface area contributed by atoms with Gasteiger partial charge in [0.2, 0.25) is 5.69 Å². The van der Waals surface area contributed by atoms with E-state index in [9.17, 15) is 23.3 Å². The maximum Gasteiger partial charge on any atom is 0.440 e. The lowest BCUT2D eigenvalue weighted by Crippen LogP contribution is -2.11. The molecule has 7 heteroatoms. The Morgan fingerprint density at radius 1 is 1.50 bits per heavy atom. The number of aromatic nitrogens is 1. The first kappa shape index (κ1) is 10.4. The van der Waals surface area contributed by atoms with E-state index in [2.05, 4.69) is 4.98 Å². The smallest absolute Gasteiger partial charge is 0.258 e. The van der Waals surface area contributed by atoms with Crippen LogP contribution in [-0.2, 0) is 6.18 Å². The molecule has 1 heterocycles. The molecule has 0 saturated carbocycles. The van der Waals surface area contributed by atoms with Crippen molar-refractivity contribution in [2.24, 2.45) is 0 Å². The Bertz CT molecular complexity index is 376. The molecule has 0 fully saturated rings. The predicted octanol–water partition coefficient (Wildman–Crippen LogP) is 2.32. The number of alkyl halides is 3. The summed E-state index contributed by atoms with van der Waals surface area (Å²) < 4.78 is 36.5. The Morgan fingerprint density at radius 2 is 2.07 bits per heavy atom. The summed E-state index contributed by atoms with van der Waals surface area (Å²) in [5.41, 5.74) is -2.17. The van der Waals surface area contributed by atoms with E-state index in [4.69, 9.17) is 0 Å². The lowest BCUT2D eigenvalue weighted by Gasteiger charge is -2.05. The minimum Gasteiger partial charge on any atom is -0.258 e. The SMILES string of the molecule is Cc1cnc(C(F)(F)F)c([N+](=O)[O-])c1. The van der Waals surface area contributed by atoms with Crippen molar-refractivity contribution in [2.75, 3.05) is 0 Å². The van der Waals surface area contributed by atoms with Crippen LogP contribution in [0.5, 0.6) is 0 Å². The maximum atomic E-state index is 12.2. The van der Waals surface area contributed by atoms with Crippen molar-refractivity contribution >= 4 is 5.69 Å². The molecule has 0 amide bonds. The van der Waals surface area contributed by atoms with E-state index in [0.717, 1.165) is 12.3 Å². The Hall–Kier alpha value is -1.66. The molecule has 0 bridgehead atoms. The van der Waals surface area contributed by atoms with E-state index in [0.29, 0.717) is 5.56 Å². The molecular formula is C7H5F3N2O2. The molecule has 0 aromatic carbocycles. The van der Waals surface area contributed by atoms with Gasteiger partial charge in [-0.25, -0.2) is 4.98 Å². The van der Waals surface area contributed by atoms with Crippen LogP contribution in [0.2, 0.25) is 0 Å². The summed E-state index contributed by atoms with van der Waals surface area (Å²) in [4.78, 5) is 12.2. The molecule has 0 spiro atoms. The van der Waals surface area contributed by atoms with Crippen LogP contribution in [0.25, 0.3) is 0 Å². The second-order valence-electron chi connectivity index (χ2n) is 2.64. The number of hydrogen-bond acceptors (Lipinski definition) is 3. The van der Waals surface area contributed by atoms with Crippen molar-refractivity contribution in [3.8, 4) is 0 Å². The average Bonchev–Trinajstić information content (AvgIpc) is 2.01. The molecule has 1 aromatic heterocycles. The number of nitro groups is 1. The Kier molecular flexibility index (Phi) is 2.41. The molecule has 1 rings (SSSR count). The van der Waals surface area contributed by atoms with Crippen molar-refractivity contribution in [3.05, 3.63) is 33.6 Å². The van der Waals surface area contributed by atoms with Crippen molar-refractivity contribution in [1.82, 2.24) is 4.98 Å². The number of halogens is 3. The molecule has 76 valence electrons. The summed E-state index contributed by atoms with van der Waals surface area (Å²) in [6.07, 6.45) is -3.86. The largest absolute Gasteiger partial charge is 0.440 e. The van der Waals surface area contributed by atoms with Crippen molar-refractivity contribution in [2.45, 2.75) is 13.1 Å². The highest BCUT2D eigenvalue weighted by Crippen LogP contribution is 2.34. The minimum atomic E-state index is -4.80. The maximum absolute atomic E-state index is 12.2. The van der Waals surface area contributed by atoms with Crippen LogP contribution in [0, 0.1) is 17.0 Å². The lowest BCUT2D eigenvalue weighted by molar-refractivity contribution is -0.388. The fourth-order valence-corrected chi connectivity index (χ4v) is 0.911. The van der Waals surface area contributed by atoms with Crippen molar-refractivity contribution in [3.63, 3.8) is 0 Å². The minimum absolute atomic E-state index is 0.310. The second-order valence-corrected chi connectivity index (χ2v) is 2.64. The highest BCUT2D eigenvalue weighted by molar-refractivity contribution is 5.39. The van der Waals surface area contributed by atoms with E-state index in [1.165, 1.54) is 6.92 Å². The van der Waals surface area contributed by atoms with E-state index in [-0.39, 0.29) is 0 Å². The highest BCUT2D eigenvalue weighted by atomic mass is 19.4. The van der Waals surface area contributed by atoms with Gasteiger partial charge in [-0.05, 0) is 12.5 Å². The van der Waals surface area contributed by atoms with E-state index >= 15 is 0 Å². The van der Waals surface area contributed by atoms with E-state index in [1.807, 2.05) is 0 Å². The van der Waals surface area contributed by atoms with Crippen molar-refractivity contribution in [1.29, 1.82) is 0 Å². The number of hydrogen-bond donors (Lipinski definition) is 0. The van der Waals surface area contributed by atoms with Crippen LogP contribution in [0.15, 0.2) is 12.3 Å². The van der Waals surface area contributed by atoms with E-state index in [1.54, 1.807) is 0 Å². The summed E-state index contributed by atoms with van der Waals surface area (Å²) in [6.45, 7) is 1.43. The Labute approximate surface area is 76.5 Å². The monoisotopic (exact) mass is 206 g/mol. The fourth-order valence-electron chi connectivity index (χ4n) is 0.911. The average molecular weight is 206 g/mol. The Balaban J connectivity index is 3.37. The summed E-state index contributed by atoms with van der Waals surface area (Å²) in [5, 5.41) is 10.3. The number of nitrogens with zero attached hydrogens (tertiary/aromatic N) is 2. The molecule has 14 heavy (non-hydrogen) atoms. The first-order valence-corrected chi connectivity index (χ1v) is 3.50. The first-order valence-electron chi connectivity index (χ1n) is 3.50. The first-order chi connectivity index (χ1) is 6.32. The van der Waals surface area contributed by atoms with Crippen LogP contribution in [0.4, 0.5) is 18.9 Å². The van der Waals surface area contributed by atoms with Gasteiger partial charge in [0.15, 0.2) is 0 Å². The third kappa shape index (κ3) is 1.98. The zero-order valence-corrected chi connectivity index (χ0v) is 7.00. The third-order valence-corrected chi connectivity index (χ3v) is 1.47. The van der Waals surface area contributed by atoms with Crippen LogP contribution in [0.1, 0.15) is 11.3 Å². The van der Waals surface area contributed by atoms with Gasteiger partial charge in [-0.1, -0.05) is 0 Å². The lowest BCUT2D eigenvalue weighted by atomic mass is 10.2. The van der Waals surface area contributed by atoms with Gasteiger partial charge in [0, 0.05) is 12.3 Å². The summed E-state index contributed by atoms with van der Waals surface area (Å²) in [7, 11) is 0. The van der Waals surface area contributed by atoms with Gasteiger partial charge in [0.25, 0.3) is 5.69 Å². The quantitative estimate of drug-likeness (QED) is 0.523. The molecule has 4 nitrogen and oxygen atoms in total. The van der Waals surface area contributed by atoms with Crippen LogP contribution >= 0.6 is 0 Å². The van der Waals surface area contributed by atoms with Crippen LogP contribution < -0.4 is 0 Å². The van der Waals surface area contributed by atoms with Gasteiger partial charge in [0.05, 0.1) is 4.92 Å². The number of aryl methyl sites for hydroxylation is 1. The van der Waals surface area contributed by atoms with Crippen LogP contribution in [-0.4, -0.2) is 9.91 Å². The molecule has 0 aliphatic rings. The molecule has 0 saturated heterocycles. The molecule has 0 unspecified atom stereocenters. The zero-order valence-electron chi connectivity index (χ0n) is 7.00. The van der Waals surface area contributed by atoms with Crippen LogP contribution in [0.3, 0.4) is 0 Å². The molecule has 1 aromatic rings.